The van der Waals surface area contributed by atoms with Crippen LogP contribution in [0.5, 0.6) is 0 Å². The molecule has 0 aromatic heterocycles. The molecule has 2 rings (SSSR count). The molecule has 0 radical (unpaired) electrons. The Balaban J connectivity index is 2.16. The van der Waals surface area contributed by atoms with Crippen LogP contribution in [0.1, 0.15) is 50.8 Å². The van der Waals surface area contributed by atoms with Gasteiger partial charge >= 0.3 is 0 Å². The van der Waals surface area contributed by atoms with Crippen molar-refractivity contribution in [3.05, 3.63) is 69.7 Å². The zero-order chi connectivity index (χ0) is 21.6. The number of carbonyl (C=O) groups excluding carboxylic acids is 2. The van der Waals surface area contributed by atoms with Crippen LogP contribution < -0.4 is 5.32 Å². The lowest BCUT2D eigenvalue weighted by molar-refractivity contribution is -0.141. The fourth-order valence-corrected chi connectivity index (χ4v) is 3.48. The van der Waals surface area contributed by atoms with Crippen LogP contribution in [0.3, 0.4) is 0 Å². The number of hydrogen-bond donors (Lipinski definition) is 1. The molecule has 1 unspecified atom stereocenters. The van der Waals surface area contributed by atoms with E-state index in [1.807, 2.05) is 52.0 Å². The number of rotatable bonds is 7. The smallest absolute Gasteiger partial charge is 0.242 e. The van der Waals surface area contributed by atoms with Crippen molar-refractivity contribution >= 4 is 27.7 Å². The highest BCUT2D eigenvalue weighted by Crippen LogP contribution is 2.17. The molecule has 0 fully saturated rings. The highest BCUT2D eigenvalue weighted by atomic mass is 79.9. The molecule has 4 nitrogen and oxygen atoms in total. The average Bonchev–Trinajstić information content (AvgIpc) is 2.63. The van der Waals surface area contributed by atoms with Gasteiger partial charge in [-0.05, 0) is 64.3 Å². The van der Waals surface area contributed by atoms with Crippen LogP contribution in [-0.4, -0.2) is 28.3 Å². The third-order valence-electron chi connectivity index (χ3n) is 4.66. The van der Waals surface area contributed by atoms with E-state index >= 15 is 0 Å². The highest BCUT2D eigenvalue weighted by Gasteiger charge is 2.28. The Hall–Kier alpha value is -2.14. The Morgan fingerprint density at radius 3 is 2.31 bits per heavy atom. The predicted molar refractivity (Wildman–Crippen MR) is 122 cm³/mol. The monoisotopic (exact) mass is 458 g/mol. The van der Waals surface area contributed by atoms with Crippen LogP contribution in [-0.2, 0) is 22.6 Å². The maximum atomic E-state index is 13.1. The minimum absolute atomic E-state index is 0.0258. The van der Waals surface area contributed by atoms with Crippen molar-refractivity contribution in [2.24, 2.45) is 0 Å². The summed E-state index contributed by atoms with van der Waals surface area (Å²) in [5, 5.41) is 2.99. The van der Waals surface area contributed by atoms with Crippen LogP contribution in [0, 0.1) is 6.92 Å². The number of hydrogen-bond acceptors (Lipinski definition) is 2. The van der Waals surface area contributed by atoms with Gasteiger partial charge in [0.2, 0.25) is 11.8 Å². The summed E-state index contributed by atoms with van der Waals surface area (Å²) in [6, 6.07) is 15.5. The molecule has 0 aliphatic carbocycles. The SMILES string of the molecule is Cc1ccc(CCC(=O)N(Cc2cccc(Br)c2)C(C)C(=O)NC(C)(C)C)cc1. The van der Waals surface area contributed by atoms with E-state index in [1.54, 1.807) is 11.8 Å². The maximum Gasteiger partial charge on any atom is 0.242 e. The van der Waals surface area contributed by atoms with Gasteiger partial charge in [-0.15, -0.1) is 0 Å². The molecule has 5 heteroatoms. The topological polar surface area (TPSA) is 49.4 Å². The minimum Gasteiger partial charge on any atom is -0.350 e. The Labute approximate surface area is 182 Å². The van der Waals surface area contributed by atoms with Gasteiger partial charge in [-0.1, -0.05) is 57.9 Å². The number of benzene rings is 2. The van der Waals surface area contributed by atoms with Crippen LogP contribution in [0.2, 0.25) is 0 Å². The normalized spacial score (nSPS) is 12.3. The molecule has 156 valence electrons. The summed E-state index contributed by atoms with van der Waals surface area (Å²) in [4.78, 5) is 27.6. The van der Waals surface area contributed by atoms with Gasteiger partial charge in [0.05, 0.1) is 0 Å². The summed E-state index contributed by atoms with van der Waals surface area (Å²) < 4.78 is 0.953. The number of aryl methyl sites for hydroxylation is 2. The summed E-state index contributed by atoms with van der Waals surface area (Å²) in [7, 11) is 0. The fourth-order valence-electron chi connectivity index (χ4n) is 3.04. The fraction of sp³-hybridized carbons (Fsp3) is 0.417. The second-order valence-corrected chi connectivity index (χ2v) is 9.47. The highest BCUT2D eigenvalue weighted by molar-refractivity contribution is 9.10. The van der Waals surface area contributed by atoms with Crippen molar-refractivity contribution in [2.75, 3.05) is 0 Å². The van der Waals surface area contributed by atoms with Crippen LogP contribution >= 0.6 is 15.9 Å². The summed E-state index contributed by atoms with van der Waals surface area (Å²) in [6.07, 6.45) is 1.02. The van der Waals surface area contributed by atoms with E-state index in [0.717, 1.165) is 15.6 Å². The second-order valence-electron chi connectivity index (χ2n) is 8.55. The molecule has 1 N–H and O–H groups in total. The first kappa shape index (κ1) is 23.1. The molecular weight excluding hydrogens is 428 g/mol. The molecule has 2 aromatic rings. The van der Waals surface area contributed by atoms with Gasteiger partial charge in [-0.3, -0.25) is 9.59 Å². The van der Waals surface area contributed by atoms with Crippen LogP contribution in [0.4, 0.5) is 0 Å². The molecular formula is C24H31BrN2O2. The third kappa shape index (κ3) is 7.65. The number of nitrogens with one attached hydrogen (secondary N) is 1. The first-order chi connectivity index (χ1) is 13.5. The third-order valence-corrected chi connectivity index (χ3v) is 5.15. The quantitative estimate of drug-likeness (QED) is 0.632. The van der Waals surface area contributed by atoms with E-state index in [-0.39, 0.29) is 17.4 Å². The van der Waals surface area contributed by atoms with Gasteiger partial charge < -0.3 is 10.2 Å². The van der Waals surface area contributed by atoms with Gasteiger partial charge in [-0.2, -0.15) is 0 Å². The Morgan fingerprint density at radius 2 is 1.72 bits per heavy atom. The molecule has 0 saturated heterocycles. The van der Waals surface area contributed by atoms with Gasteiger partial charge in [-0.25, -0.2) is 0 Å². The van der Waals surface area contributed by atoms with Crippen molar-refractivity contribution in [3.8, 4) is 0 Å². The molecule has 0 aliphatic rings. The van der Waals surface area contributed by atoms with Crippen LogP contribution in [0.25, 0.3) is 0 Å². The molecule has 0 heterocycles. The number of carbonyl (C=O) groups is 2. The molecule has 0 bridgehead atoms. The number of nitrogens with zero attached hydrogens (tertiary/aromatic N) is 1. The summed E-state index contributed by atoms with van der Waals surface area (Å²) in [6.45, 7) is 10.1. The van der Waals surface area contributed by atoms with E-state index < -0.39 is 6.04 Å². The van der Waals surface area contributed by atoms with Crippen molar-refractivity contribution in [2.45, 2.75) is 65.6 Å². The molecule has 2 aromatic carbocycles. The lowest BCUT2D eigenvalue weighted by atomic mass is 10.1. The lowest BCUT2D eigenvalue weighted by Crippen LogP contribution is -2.52. The van der Waals surface area contributed by atoms with Crippen molar-refractivity contribution < 1.29 is 9.59 Å². The van der Waals surface area contributed by atoms with Crippen molar-refractivity contribution in [3.63, 3.8) is 0 Å². The zero-order valence-corrected chi connectivity index (χ0v) is 19.5. The Bertz CT molecular complexity index is 841. The zero-order valence-electron chi connectivity index (χ0n) is 18.0. The van der Waals surface area contributed by atoms with Crippen LogP contribution in [0.15, 0.2) is 53.0 Å². The van der Waals surface area contributed by atoms with Crippen molar-refractivity contribution in [1.29, 1.82) is 0 Å². The molecule has 0 saturated carbocycles. The first-order valence-corrected chi connectivity index (χ1v) is 10.8. The standard InChI is InChI=1S/C24H31BrN2O2/c1-17-9-11-19(12-10-17)13-14-22(28)27(16-20-7-6-8-21(25)15-20)18(2)23(29)26-24(3,4)5/h6-12,15,18H,13-14,16H2,1-5H3,(H,26,29). The Morgan fingerprint density at radius 1 is 1.07 bits per heavy atom. The van der Waals surface area contributed by atoms with E-state index in [2.05, 4.69) is 45.5 Å². The maximum absolute atomic E-state index is 13.1. The van der Waals surface area contributed by atoms with Gasteiger partial charge in [0.1, 0.15) is 6.04 Å². The van der Waals surface area contributed by atoms with E-state index in [9.17, 15) is 9.59 Å². The van der Waals surface area contributed by atoms with E-state index in [0.29, 0.717) is 19.4 Å². The largest absolute Gasteiger partial charge is 0.350 e. The predicted octanol–water partition coefficient (Wildman–Crippen LogP) is 5.02. The summed E-state index contributed by atoms with van der Waals surface area (Å²) in [5.74, 6) is -0.168. The van der Waals surface area contributed by atoms with E-state index in [1.165, 1.54) is 5.56 Å². The lowest BCUT2D eigenvalue weighted by Gasteiger charge is -2.31. The van der Waals surface area contributed by atoms with Crippen molar-refractivity contribution in [1.82, 2.24) is 10.2 Å². The van der Waals surface area contributed by atoms with Gasteiger partial charge in [0.15, 0.2) is 0 Å². The molecule has 2 amide bonds. The molecule has 1 atom stereocenters. The minimum atomic E-state index is -0.557. The summed E-state index contributed by atoms with van der Waals surface area (Å²) in [5.41, 5.74) is 2.96. The molecule has 29 heavy (non-hydrogen) atoms. The Kier molecular flexibility index (Phi) is 8.03. The average molecular weight is 459 g/mol. The number of amides is 2. The second kappa shape index (κ2) is 10.1. The first-order valence-electron chi connectivity index (χ1n) is 9.96. The van der Waals surface area contributed by atoms with Gasteiger partial charge in [0.25, 0.3) is 0 Å². The van der Waals surface area contributed by atoms with Gasteiger partial charge in [0, 0.05) is 23.0 Å². The number of halogens is 1. The molecule has 0 spiro atoms. The van der Waals surface area contributed by atoms with E-state index in [4.69, 9.17) is 0 Å². The summed E-state index contributed by atoms with van der Waals surface area (Å²) >= 11 is 3.48. The molecule has 0 aliphatic heterocycles.